The quantitative estimate of drug-likeness (QED) is 0.813. The summed E-state index contributed by atoms with van der Waals surface area (Å²) in [7, 11) is 0. The van der Waals surface area contributed by atoms with Crippen LogP contribution in [0.25, 0.3) is 0 Å². The normalized spacial score (nSPS) is 26.2. The number of carbonyl (C=O) groups excluding carboxylic acids is 2. The van der Waals surface area contributed by atoms with Crippen LogP contribution in [0.4, 0.5) is 4.79 Å². The van der Waals surface area contributed by atoms with Gasteiger partial charge in [-0.3, -0.25) is 9.69 Å². The summed E-state index contributed by atoms with van der Waals surface area (Å²) in [5.74, 6) is 0.271. The molecule has 0 radical (unpaired) electrons. The lowest BCUT2D eigenvalue weighted by molar-refractivity contribution is -0.133. The molecule has 1 aromatic heterocycles. The molecule has 1 aromatic rings. The van der Waals surface area contributed by atoms with Crippen molar-refractivity contribution in [3.63, 3.8) is 0 Å². The Kier molecular flexibility index (Phi) is 4.37. The molecule has 8 heteroatoms. The van der Waals surface area contributed by atoms with Crippen LogP contribution in [0.5, 0.6) is 0 Å². The monoisotopic (exact) mass is 337 g/mol. The first-order valence-electron chi connectivity index (χ1n) is 8.09. The van der Waals surface area contributed by atoms with Crippen molar-refractivity contribution in [2.24, 2.45) is 5.92 Å². The second-order valence-electron chi connectivity index (χ2n) is 6.78. The van der Waals surface area contributed by atoms with E-state index in [4.69, 9.17) is 0 Å². The van der Waals surface area contributed by atoms with E-state index in [2.05, 4.69) is 20.2 Å². The highest BCUT2D eigenvalue weighted by molar-refractivity contribution is 7.05. The van der Waals surface area contributed by atoms with E-state index in [0.29, 0.717) is 0 Å². The molecule has 0 spiro atoms. The van der Waals surface area contributed by atoms with Gasteiger partial charge < -0.3 is 10.6 Å². The molecule has 2 N–H and O–H groups in total. The Morgan fingerprint density at radius 1 is 1.35 bits per heavy atom. The first kappa shape index (κ1) is 16.3. The lowest BCUT2D eigenvalue weighted by Crippen LogP contribution is -2.53. The maximum atomic E-state index is 12.9. The van der Waals surface area contributed by atoms with Crippen molar-refractivity contribution in [3.05, 3.63) is 10.6 Å². The number of nitrogens with one attached hydrogen (secondary N) is 2. The third-order valence-electron chi connectivity index (χ3n) is 4.89. The number of hydrogen-bond donors (Lipinski definition) is 2. The zero-order valence-electron chi connectivity index (χ0n) is 13.8. The standard InChI is InChI=1S/C15H23N5O2S/c1-9(2)12-11(23-19-18-12)8-20-13(21)15(3,17-14(20)22)10-4-6-16-7-5-10/h9-10,16H,4-8H2,1-3H3,(H,17,22)/t15-/m1/s1. The Bertz CT molecular complexity index is 611. The molecule has 23 heavy (non-hydrogen) atoms. The predicted molar refractivity (Wildman–Crippen MR) is 87.1 cm³/mol. The van der Waals surface area contributed by atoms with E-state index >= 15 is 0 Å². The number of rotatable bonds is 4. The van der Waals surface area contributed by atoms with Gasteiger partial charge in [-0.05, 0) is 56.2 Å². The van der Waals surface area contributed by atoms with E-state index in [1.54, 1.807) is 0 Å². The van der Waals surface area contributed by atoms with Gasteiger partial charge in [0, 0.05) is 0 Å². The number of hydrogen-bond acceptors (Lipinski definition) is 6. The van der Waals surface area contributed by atoms with Crippen molar-refractivity contribution in [1.82, 2.24) is 25.1 Å². The van der Waals surface area contributed by atoms with Crippen molar-refractivity contribution in [1.29, 1.82) is 0 Å². The lowest BCUT2D eigenvalue weighted by Gasteiger charge is -2.34. The van der Waals surface area contributed by atoms with E-state index in [1.807, 2.05) is 20.8 Å². The first-order chi connectivity index (χ1) is 10.9. The van der Waals surface area contributed by atoms with Crippen LogP contribution in [0.3, 0.4) is 0 Å². The van der Waals surface area contributed by atoms with Gasteiger partial charge in [-0.2, -0.15) is 0 Å². The number of piperidine rings is 1. The van der Waals surface area contributed by atoms with Gasteiger partial charge in [0.05, 0.1) is 17.1 Å². The molecule has 0 saturated carbocycles. The van der Waals surface area contributed by atoms with Crippen molar-refractivity contribution in [2.45, 2.75) is 51.6 Å². The molecule has 0 unspecified atom stereocenters. The minimum Gasteiger partial charge on any atom is -0.323 e. The summed E-state index contributed by atoms with van der Waals surface area (Å²) < 4.78 is 3.98. The van der Waals surface area contributed by atoms with Gasteiger partial charge in [0.1, 0.15) is 5.54 Å². The molecule has 2 saturated heterocycles. The molecule has 3 heterocycles. The Balaban J connectivity index is 1.80. The molecule has 0 aromatic carbocycles. The van der Waals surface area contributed by atoms with Gasteiger partial charge in [0.25, 0.3) is 5.91 Å². The minimum atomic E-state index is -0.796. The van der Waals surface area contributed by atoms with Crippen LogP contribution in [0.1, 0.15) is 50.1 Å². The maximum Gasteiger partial charge on any atom is 0.325 e. The summed E-state index contributed by atoms with van der Waals surface area (Å²) >= 11 is 1.26. The molecule has 2 fully saturated rings. The average Bonchev–Trinajstić information content (AvgIpc) is 3.08. The molecule has 0 bridgehead atoms. The minimum absolute atomic E-state index is 0.127. The third kappa shape index (κ3) is 2.85. The van der Waals surface area contributed by atoms with Crippen LogP contribution in [-0.2, 0) is 11.3 Å². The Labute approximate surface area is 140 Å². The summed E-state index contributed by atoms with van der Waals surface area (Å²) in [5, 5.41) is 10.4. The van der Waals surface area contributed by atoms with Gasteiger partial charge in [-0.15, -0.1) is 5.10 Å². The van der Waals surface area contributed by atoms with Gasteiger partial charge in [0.2, 0.25) is 0 Å². The summed E-state index contributed by atoms with van der Waals surface area (Å²) in [6.07, 6.45) is 1.80. The van der Waals surface area contributed by atoms with E-state index in [1.165, 1.54) is 16.4 Å². The van der Waals surface area contributed by atoms with E-state index in [9.17, 15) is 9.59 Å². The van der Waals surface area contributed by atoms with Gasteiger partial charge in [-0.1, -0.05) is 18.3 Å². The average molecular weight is 337 g/mol. The second-order valence-corrected chi connectivity index (χ2v) is 7.62. The molecule has 7 nitrogen and oxygen atoms in total. The summed E-state index contributed by atoms with van der Waals surface area (Å²) in [6, 6.07) is -0.306. The van der Waals surface area contributed by atoms with Crippen LogP contribution in [0.2, 0.25) is 0 Å². The fraction of sp³-hybridized carbons (Fsp3) is 0.733. The number of amides is 3. The highest BCUT2D eigenvalue weighted by Crippen LogP contribution is 2.33. The number of aromatic nitrogens is 2. The summed E-state index contributed by atoms with van der Waals surface area (Å²) in [5.41, 5.74) is 0.0704. The van der Waals surface area contributed by atoms with E-state index < -0.39 is 5.54 Å². The van der Waals surface area contributed by atoms with E-state index in [0.717, 1.165) is 36.5 Å². The molecule has 126 valence electrons. The Morgan fingerprint density at radius 3 is 2.70 bits per heavy atom. The molecule has 2 aliphatic rings. The number of urea groups is 1. The van der Waals surface area contributed by atoms with Crippen LogP contribution < -0.4 is 10.6 Å². The highest BCUT2D eigenvalue weighted by Gasteiger charge is 2.52. The molecule has 3 amide bonds. The molecular weight excluding hydrogens is 314 g/mol. The topological polar surface area (TPSA) is 87.2 Å². The largest absolute Gasteiger partial charge is 0.325 e. The summed E-state index contributed by atoms with van der Waals surface area (Å²) in [6.45, 7) is 7.96. The zero-order chi connectivity index (χ0) is 16.6. The number of nitrogens with zero attached hydrogens (tertiary/aromatic N) is 3. The fourth-order valence-electron chi connectivity index (χ4n) is 3.44. The van der Waals surface area contributed by atoms with Crippen LogP contribution >= 0.6 is 11.5 Å². The van der Waals surface area contributed by atoms with Crippen LogP contribution in [0.15, 0.2) is 0 Å². The summed E-state index contributed by atoms with van der Waals surface area (Å²) in [4.78, 5) is 27.5. The lowest BCUT2D eigenvalue weighted by atomic mass is 9.79. The van der Waals surface area contributed by atoms with Gasteiger partial charge in [-0.25, -0.2) is 4.79 Å². The predicted octanol–water partition coefficient (Wildman–Crippen LogP) is 1.47. The van der Waals surface area contributed by atoms with E-state index in [-0.39, 0.29) is 30.3 Å². The Morgan fingerprint density at radius 2 is 2.04 bits per heavy atom. The van der Waals surface area contributed by atoms with Gasteiger partial charge >= 0.3 is 6.03 Å². The number of imide groups is 1. The van der Waals surface area contributed by atoms with Gasteiger partial charge in [0.15, 0.2) is 0 Å². The molecule has 1 atom stereocenters. The fourth-order valence-corrected chi connectivity index (χ4v) is 4.23. The molecule has 0 aliphatic carbocycles. The molecular formula is C15H23N5O2S. The molecule has 2 aliphatic heterocycles. The number of carbonyl (C=O) groups is 2. The van der Waals surface area contributed by atoms with Crippen molar-refractivity contribution < 1.29 is 9.59 Å². The van der Waals surface area contributed by atoms with Crippen LogP contribution in [-0.4, -0.2) is 45.1 Å². The maximum absolute atomic E-state index is 12.9. The van der Waals surface area contributed by atoms with Crippen molar-refractivity contribution >= 4 is 23.5 Å². The Hall–Kier alpha value is -1.54. The SMILES string of the molecule is CC(C)c1nnsc1CN1C(=O)N[C@](C)(C2CCNCC2)C1=O. The highest BCUT2D eigenvalue weighted by atomic mass is 32.1. The zero-order valence-corrected chi connectivity index (χ0v) is 14.6. The van der Waals surface area contributed by atoms with Crippen molar-refractivity contribution in [2.75, 3.05) is 13.1 Å². The first-order valence-corrected chi connectivity index (χ1v) is 8.86. The smallest absolute Gasteiger partial charge is 0.323 e. The third-order valence-corrected chi connectivity index (χ3v) is 5.61. The molecule has 3 rings (SSSR count). The second kappa shape index (κ2) is 6.16. The van der Waals surface area contributed by atoms with Crippen molar-refractivity contribution in [3.8, 4) is 0 Å². The van der Waals surface area contributed by atoms with Crippen LogP contribution in [0, 0.1) is 5.92 Å².